The molecule has 0 saturated heterocycles. The van der Waals surface area contributed by atoms with Crippen molar-refractivity contribution in [3.8, 4) is 34.8 Å². The van der Waals surface area contributed by atoms with Crippen molar-refractivity contribution >= 4 is 28.3 Å². The molecule has 1 amide bonds. The molecule has 3 aromatic rings. The quantitative estimate of drug-likeness (QED) is 0.108. The van der Waals surface area contributed by atoms with Crippen LogP contribution in [0.25, 0.3) is 22.0 Å². The van der Waals surface area contributed by atoms with E-state index in [2.05, 4.69) is 39.4 Å². The van der Waals surface area contributed by atoms with Gasteiger partial charge in [-0.15, -0.1) is 0 Å². The van der Waals surface area contributed by atoms with Gasteiger partial charge in [-0.1, -0.05) is 35.5 Å². The number of rotatable bonds is 9. The molecule has 4 atom stereocenters. The van der Waals surface area contributed by atoms with Crippen molar-refractivity contribution in [2.75, 3.05) is 12.3 Å². The summed E-state index contributed by atoms with van der Waals surface area (Å²) >= 11 is 0. The highest BCUT2D eigenvalue weighted by Crippen LogP contribution is 2.51. The number of carbonyl (C=O) groups excluding carboxylic acids is 1. The van der Waals surface area contributed by atoms with Gasteiger partial charge in [0.1, 0.15) is 34.9 Å². The summed E-state index contributed by atoms with van der Waals surface area (Å²) in [4.78, 5) is 18.3. The minimum Gasteiger partial charge on any atom is -0.382 e. The Balaban J connectivity index is 1.43. The van der Waals surface area contributed by atoms with Crippen LogP contribution in [0.15, 0.2) is 65.2 Å². The summed E-state index contributed by atoms with van der Waals surface area (Å²) in [6.45, 7) is 1.93. The Hall–Kier alpha value is -5.61. The summed E-state index contributed by atoms with van der Waals surface area (Å²) in [5.74, 6) is 0.947. The first-order valence-electron chi connectivity index (χ1n) is 16.3. The Morgan fingerprint density at radius 3 is 2.58 bits per heavy atom. The van der Waals surface area contributed by atoms with Gasteiger partial charge in [0.2, 0.25) is 5.91 Å². The summed E-state index contributed by atoms with van der Waals surface area (Å²) in [5.41, 5.74) is 2.41. The predicted octanol–water partition coefficient (Wildman–Crippen LogP) is 5.73. The normalized spacial score (nSPS) is 20.9. The van der Waals surface area contributed by atoms with Gasteiger partial charge < -0.3 is 21.5 Å². The maximum Gasteiger partial charge on any atom is 0.433 e. The Morgan fingerprint density at radius 1 is 1.21 bits per heavy atom. The van der Waals surface area contributed by atoms with E-state index in [1.165, 1.54) is 18.5 Å². The minimum absolute atomic E-state index is 0.121. The molecule has 0 bridgehead atoms. The van der Waals surface area contributed by atoms with Crippen molar-refractivity contribution in [1.82, 2.24) is 25.4 Å². The third-order valence-electron chi connectivity index (χ3n) is 8.89. The molecule has 0 fully saturated rings. The number of nitrogens with two attached hydrogens (primary N) is 1. The number of aliphatic hydroxyl groups is 1. The molecule has 276 valence electrons. The smallest absolute Gasteiger partial charge is 0.382 e. The second kappa shape index (κ2) is 13.4. The van der Waals surface area contributed by atoms with Crippen molar-refractivity contribution in [2.24, 2.45) is 18.9 Å². The number of nitrogens with one attached hydrogen (secondary N) is 3. The zero-order valence-electron chi connectivity index (χ0n) is 28.4. The number of carbonyl (C=O) groups is 1. The molecule has 6 rings (SSSR count). The third-order valence-corrected chi connectivity index (χ3v) is 8.89. The van der Waals surface area contributed by atoms with Gasteiger partial charge >= 0.3 is 12.1 Å². The lowest BCUT2D eigenvalue weighted by atomic mass is 9.82. The highest BCUT2D eigenvalue weighted by Gasteiger charge is 2.61. The second-order valence-electron chi connectivity index (χ2n) is 13.4. The Bertz CT molecular complexity index is 2260. The van der Waals surface area contributed by atoms with Crippen LogP contribution < -0.4 is 16.4 Å². The summed E-state index contributed by atoms with van der Waals surface area (Å²) < 4.78 is 102. The number of halogens is 7. The standard InChI is InChI=1S/C37H32F7N7O2/c1-35(2,53)12-11-21-7-8-22(23-5-4-6-25-31(23)51(3)50-34(25)46)30(48-21)27(15-18-13-19(38)16-20(39)14-18)49-28(52)17-47-33-29(32(45)37(42,43)44)24-9-10-26(24)36(33,40)41/h4-8,13,16,20,24,26-27,45,47,53H,14-15,17H2,1-3H3,(H2,46,50)(H,49,52)/t20?,24-,26+,27-/m0/s1. The molecule has 3 aliphatic rings. The van der Waals surface area contributed by atoms with E-state index in [0.717, 1.165) is 12.2 Å². The van der Waals surface area contributed by atoms with Crippen molar-refractivity contribution in [1.29, 1.82) is 5.41 Å². The van der Waals surface area contributed by atoms with Gasteiger partial charge in [0.25, 0.3) is 0 Å². The van der Waals surface area contributed by atoms with Crippen LogP contribution in [0.4, 0.5) is 36.6 Å². The molecule has 9 nitrogen and oxygen atoms in total. The lowest BCUT2D eigenvalue weighted by molar-refractivity contribution is -0.121. The van der Waals surface area contributed by atoms with E-state index in [9.17, 15) is 31.9 Å². The average Bonchev–Trinajstić information content (AvgIpc) is 3.40. The SMILES string of the molecule is Cn1nc(N)c2cccc(-c3ccc(C#CC(C)(C)O)nc3[C@H](CC3=CC(F)=CC(F)C3)NC(=O)CNC3=C(C(=N)C(F)(F)F)[C@H]4C#C[C@H]4C3(F)F)c21. The lowest BCUT2D eigenvalue weighted by Crippen LogP contribution is -2.41. The van der Waals surface area contributed by atoms with Crippen LogP contribution in [-0.4, -0.2) is 61.9 Å². The van der Waals surface area contributed by atoms with Crippen molar-refractivity contribution < 1.29 is 40.6 Å². The number of para-hydroxylation sites is 1. The van der Waals surface area contributed by atoms with E-state index in [1.807, 2.05) is 0 Å². The first kappa shape index (κ1) is 37.2. The molecule has 2 aromatic heterocycles. The number of pyridine rings is 1. The maximum atomic E-state index is 15.3. The van der Waals surface area contributed by atoms with Crippen molar-refractivity contribution in [3.63, 3.8) is 0 Å². The number of nitrogen functional groups attached to an aromatic ring is 1. The van der Waals surface area contributed by atoms with E-state index in [0.29, 0.717) is 22.0 Å². The first-order valence-corrected chi connectivity index (χ1v) is 16.3. The Labute approximate surface area is 298 Å². The molecule has 53 heavy (non-hydrogen) atoms. The number of allylic oxidation sites excluding steroid dienone is 5. The molecule has 0 aliphatic heterocycles. The van der Waals surface area contributed by atoms with E-state index < -0.39 is 77.0 Å². The number of aromatic nitrogens is 3. The number of aryl methyl sites for hydroxylation is 1. The number of nitrogens with zero attached hydrogens (tertiary/aromatic N) is 3. The summed E-state index contributed by atoms with van der Waals surface area (Å²) in [6, 6.07) is 7.14. The molecule has 3 aliphatic carbocycles. The van der Waals surface area contributed by atoms with Gasteiger partial charge in [-0.25, -0.2) is 13.8 Å². The molecule has 6 N–H and O–H groups in total. The molecule has 0 spiro atoms. The van der Waals surface area contributed by atoms with E-state index in [-0.39, 0.29) is 35.6 Å². The van der Waals surface area contributed by atoms with Gasteiger partial charge in [-0.05, 0) is 56.5 Å². The Kier molecular flexibility index (Phi) is 9.41. The number of fused-ring (bicyclic) bond motifs is 2. The van der Waals surface area contributed by atoms with Crippen LogP contribution in [0.5, 0.6) is 0 Å². The fourth-order valence-electron chi connectivity index (χ4n) is 6.58. The van der Waals surface area contributed by atoms with Crippen LogP contribution in [0.3, 0.4) is 0 Å². The number of benzene rings is 1. The molecule has 0 radical (unpaired) electrons. The molecular formula is C37H32F7N7O2. The monoisotopic (exact) mass is 739 g/mol. The number of hydrogen-bond acceptors (Lipinski definition) is 7. The third kappa shape index (κ3) is 7.37. The van der Waals surface area contributed by atoms with Gasteiger partial charge in [-0.2, -0.15) is 27.1 Å². The van der Waals surface area contributed by atoms with E-state index >= 15 is 8.78 Å². The van der Waals surface area contributed by atoms with Crippen molar-refractivity contribution in [2.45, 2.75) is 56.6 Å². The number of alkyl halides is 6. The second-order valence-corrected chi connectivity index (χ2v) is 13.4. The number of amides is 1. The summed E-state index contributed by atoms with van der Waals surface area (Å²) in [6.07, 6.45) is -5.54. The summed E-state index contributed by atoms with van der Waals surface area (Å²) in [5, 5.41) is 27.5. The van der Waals surface area contributed by atoms with Gasteiger partial charge in [0.15, 0.2) is 5.82 Å². The first-order chi connectivity index (χ1) is 24.7. The predicted molar refractivity (Wildman–Crippen MR) is 182 cm³/mol. The molecule has 2 heterocycles. The van der Waals surface area contributed by atoms with Gasteiger partial charge in [0, 0.05) is 35.6 Å². The van der Waals surface area contributed by atoms with Crippen LogP contribution in [-0.2, 0) is 11.8 Å². The Morgan fingerprint density at radius 2 is 1.94 bits per heavy atom. The highest BCUT2D eigenvalue weighted by molar-refractivity contribution is 6.05. The molecule has 1 unspecified atom stereocenters. The number of hydrogen-bond donors (Lipinski definition) is 5. The average molecular weight is 740 g/mol. The molecule has 1 aromatic carbocycles. The fraction of sp³-hybridized carbons (Fsp3) is 0.351. The maximum absolute atomic E-state index is 15.3. The molecule has 0 saturated carbocycles. The van der Waals surface area contributed by atoms with Crippen LogP contribution in [0, 0.1) is 40.9 Å². The topological polar surface area (TPSA) is 142 Å². The minimum atomic E-state index is -5.26. The van der Waals surface area contributed by atoms with E-state index in [4.69, 9.17) is 16.1 Å². The fourth-order valence-corrected chi connectivity index (χ4v) is 6.58. The van der Waals surface area contributed by atoms with Crippen LogP contribution in [0.1, 0.15) is 44.1 Å². The lowest BCUT2D eigenvalue weighted by Gasteiger charge is -2.26. The van der Waals surface area contributed by atoms with Crippen LogP contribution >= 0.6 is 0 Å². The van der Waals surface area contributed by atoms with Crippen molar-refractivity contribution in [3.05, 3.63) is 76.5 Å². The zero-order chi connectivity index (χ0) is 38.6. The van der Waals surface area contributed by atoms with Crippen LogP contribution in [0.2, 0.25) is 0 Å². The molecular weight excluding hydrogens is 707 g/mol. The summed E-state index contributed by atoms with van der Waals surface area (Å²) in [7, 11) is 1.66. The highest BCUT2D eigenvalue weighted by atomic mass is 19.4. The number of anilines is 1. The molecule has 16 heteroatoms. The van der Waals surface area contributed by atoms with E-state index in [1.54, 1.807) is 37.4 Å². The largest absolute Gasteiger partial charge is 0.433 e. The van der Waals surface area contributed by atoms with Gasteiger partial charge in [-0.3, -0.25) is 14.9 Å². The zero-order valence-corrected chi connectivity index (χ0v) is 28.4. The van der Waals surface area contributed by atoms with Gasteiger partial charge in [0.05, 0.1) is 35.4 Å².